The maximum Gasteiger partial charge on any atom is 0.222 e. The lowest BCUT2D eigenvalue weighted by atomic mass is 10.0. The molecule has 5 heteroatoms. The molecule has 0 bridgehead atoms. The molecule has 0 saturated carbocycles. The van der Waals surface area contributed by atoms with E-state index in [1.165, 1.54) is 11.1 Å². The summed E-state index contributed by atoms with van der Waals surface area (Å²) in [5.41, 5.74) is 10.3. The number of ether oxygens (including phenoxy) is 1. The van der Waals surface area contributed by atoms with Crippen molar-refractivity contribution >= 4 is 17.5 Å². The molecule has 3 rings (SSSR count). The monoisotopic (exact) mass is 374 g/mol. The molecule has 28 heavy (non-hydrogen) atoms. The molecule has 1 heterocycles. The first-order valence-corrected chi connectivity index (χ1v) is 9.39. The third-order valence-corrected chi connectivity index (χ3v) is 4.56. The average Bonchev–Trinajstić information content (AvgIpc) is 2.72. The Balaban J connectivity index is 1.71. The lowest BCUT2D eigenvalue weighted by Gasteiger charge is -2.12. The van der Waals surface area contributed by atoms with Crippen molar-refractivity contribution in [2.75, 3.05) is 18.2 Å². The molecule has 144 valence electrons. The SMILES string of the molecule is C/C=C(/CCc1ccccc1)Cc1cc(Nc2ccccc2OC)nc(N)n1. The molecule has 1 aromatic heterocycles. The van der Waals surface area contributed by atoms with Gasteiger partial charge in [0, 0.05) is 12.5 Å². The van der Waals surface area contributed by atoms with Crippen molar-refractivity contribution < 1.29 is 4.74 Å². The molecule has 0 aliphatic rings. The van der Waals surface area contributed by atoms with Gasteiger partial charge in [0.15, 0.2) is 0 Å². The molecule has 0 fully saturated rings. The molecule has 0 aliphatic heterocycles. The zero-order valence-electron chi connectivity index (χ0n) is 16.4. The van der Waals surface area contributed by atoms with Gasteiger partial charge in [0.1, 0.15) is 11.6 Å². The fourth-order valence-corrected chi connectivity index (χ4v) is 3.08. The minimum Gasteiger partial charge on any atom is -0.495 e. The Morgan fingerprint density at radius 3 is 2.57 bits per heavy atom. The maximum absolute atomic E-state index is 5.95. The third-order valence-electron chi connectivity index (χ3n) is 4.56. The quantitative estimate of drug-likeness (QED) is 0.547. The van der Waals surface area contributed by atoms with Crippen molar-refractivity contribution in [3.8, 4) is 5.75 Å². The van der Waals surface area contributed by atoms with Crippen LogP contribution in [0.5, 0.6) is 5.75 Å². The Labute approximate surface area is 166 Å². The van der Waals surface area contributed by atoms with E-state index in [0.29, 0.717) is 5.82 Å². The molecule has 2 aromatic carbocycles. The first-order valence-electron chi connectivity index (χ1n) is 9.39. The van der Waals surface area contributed by atoms with E-state index in [9.17, 15) is 0 Å². The summed E-state index contributed by atoms with van der Waals surface area (Å²) in [5, 5.41) is 3.28. The van der Waals surface area contributed by atoms with E-state index < -0.39 is 0 Å². The number of aromatic nitrogens is 2. The van der Waals surface area contributed by atoms with E-state index in [1.807, 2.05) is 36.4 Å². The highest BCUT2D eigenvalue weighted by Crippen LogP contribution is 2.27. The smallest absolute Gasteiger partial charge is 0.222 e. The van der Waals surface area contributed by atoms with E-state index in [-0.39, 0.29) is 5.95 Å². The van der Waals surface area contributed by atoms with Crippen LogP contribution in [0.15, 0.2) is 72.3 Å². The van der Waals surface area contributed by atoms with Crippen LogP contribution >= 0.6 is 0 Å². The Morgan fingerprint density at radius 1 is 1.07 bits per heavy atom. The molecule has 5 nitrogen and oxygen atoms in total. The van der Waals surface area contributed by atoms with Crippen LogP contribution in [-0.4, -0.2) is 17.1 Å². The molecular weight excluding hydrogens is 348 g/mol. The Kier molecular flexibility index (Phi) is 6.63. The zero-order valence-corrected chi connectivity index (χ0v) is 16.4. The van der Waals surface area contributed by atoms with Gasteiger partial charge in [-0.15, -0.1) is 0 Å². The summed E-state index contributed by atoms with van der Waals surface area (Å²) in [6.45, 7) is 2.07. The van der Waals surface area contributed by atoms with Crippen molar-refractivity contribution in [1.82, 2.24) is 9.97 Å². The van der Waals surface area contributed by atoms with Crippen LogP contribution in [0, 0.1) is 0 Å². The highest BCUT2D eigenvalue weighted by molar-refractivity contribution is 5.64. The van der Waals surface area contributed by atoms with Crippen LogP contribution in [0.4, 0.5) is 17.5 Å². The molecule has 3 aromatic rings. The second-order valence-electron chi connectivity index (χ2n) is 6.54. The van der Waals surface area contributed by atoms with Crippen LogP contribution in [0.1, 0.15) is 24.6 Å². The normalized spacial score (nSPS) is 11.3. The fraction of sp³-hybridized carbons (Fsp3) is 0.217. The number of allylic oxidation sites excluding steroid dienone is 2. The number of anilines is 3. The minimum absolute atomic E-state index is 0.258. The van der Waals surface area contributed by atoms with E-state index in [1.54, 1.807) is 7.11 Å². The van der Waals surface area contributed by atoms with Gasteiger partial charge in [0.05, 0.1) is 18.5 Å². The molecule has 0 spiro atoms. The van der Waals surface area contributed by atoms with Gasteiger partial charge in [-0.25, -0.2) is 4.98 Å². The summed E-state index contributed by atoms with van der Waals surface area (Å²) >= 11 is 0. The summed E-state index contributed by atoms with van der Waals surface area (Å²) in [6, 6.07) is 20.2. The highest BCUT2D eigenvalue weighted by atomic mass is 16.5. The lowest BCUT2D eigenvalue weighted by molar-refractivity contribution is 0.417. The van der Waals surface area contributed by atoms with Gasteiger partial charge in [-0.05, 0) is 37.5 Å². The summed E-state index contributed by atoms with van der Waals surface area (Å²) in [6.07, 6.45) is 4.90. The van der Waals surface area contributed by atoms with Gasteiger partial charge in [-0.1, -0.05) is 54.1 Å². The predicted molar refractivity (Wildman–Crippen MR) is 115 cm³/mol. The average molecular weight is 374 g/mol. The lowest BCUT2D eigenvalue weighted by Crippen LogP contribution is -2.05. The number of rotatable bonds is 8. The number of aryl methyl sites for hydroxylation is 1. The van der Waals surface area contributed by atoms with Crippen molar-refractivity contribution in [2.24, 2.45) is 0 Å². The first-order chi connectivity index (χ1) is 13.7. The van der Waals surface area contributed by atoms with Gasteiger partial charge < -0.3 is 15.8 Å². The number of hydrogen-bond acceptors (Lipinski definition) is 5. The molecule has 0 saturated heterocycles. The van der Waals surface area contributed by atoms with Crippen molar-refractivity contribution in [3.05, 3.63) is 83.6 Å². The topological polar surface area (TPSA) is 73.1 Å². The van der Waals surface area contributed by atoms with E-state index in [0.717, 1.165) is 36.4 Å². The Hall–Kier alpha value is -3.34. The standard InChI is InChI=1S/C23H26N4O/c1-3-17(13-14-18-9-5-4-6-10-18)15-19-16-22(27-23(24)25-19)26-20-11-7-8-12-21(20)28-2/h3-12,16H,13-15H2,1-2H3,(H3,24,25,26,27)/b17-3-. The number of hydrogen-bond donors (Lipinski definition) is 2. The van der Waals surface area contributed by atoms with Crippen LogP contribution in [0.3, 0.4) is 0 Å². The number of nitrogen functional groups attached to an aromatic ring is 1. The summed E-state index contributed by atoms with van der Waals surface area (Å²) < 4.78 is 5.39. The largest absolute Gasteiger partial charge is 0.495 e. The van der Waals surface area contributed by atoms with Gasteiger partial charge in [0.2, 0.25) is 5.95 Å². The number of methoxy groups -OCH3 is 1. The Bertz CT molecular complexity index is 938. The van der Waals surface area contributed by atoms with E-state index >= 15 is 0 Å². The van der Waals surface area contributed by atoms with Crippen LogP contribution in [0.2, 0.25) is 0 Å². The second kappa shape index (κ2) is 9.55. The summed E-state index contributed by atoms with van der Waals surface area (Å²) in [5.74, 6) is 1.66. The minimum atomic E-state index is 0.258. The molecule has 0 atom stereocenters. The maximum atomic E-state index is 5.95. The van der Waals surface area contributed by atoms with Crippen LogP contribution in [0.25, 0.3) is 0 Å². The number of para-hydroxylation sites is 2. The van der Waals surface area contributed by atoms with Crippen molar-refractivity contribution in [2.45, 2.75) is 26.2 Å². The fourth-order valence-electron chi connectivity index (χ4n) is 3.08. The predicted octanol–water partition coefficient (Wildman–Crippen LogP) is 4.93. The second-order valence-corrected chi connectivity index (χ2v) is 6.54. The van der Waals surface area contributed by atoms with Crippen molar-refractivity contribution in [3.63, 3.8) is 0 Å². The third kappa shape index (κ3) is 5.33. The number of nitrogens with one attached hydrogen (secondary N) is 1. The number of nitrogens with two attached hydrogens (primary N) is 1. The zero-order chi connectivity index (χ0) is 19.8. The summed E-state index contributed by atoms with van der Waals surface area (Å²) in [4.78, 5) is 8.73. The van der Waals surface area contributed by atoms with Gasteiger partial charge in [0.25, 0.3) is 0 Å². The van der Waals surface area contributed by atoms with Crippen LogP contribution < -0.4 is 15.8 Å². The number of nitrogens with zero attached hydrogens (tertiary/aromatic N) is 2. The van der Waals surface area contributed by atoms with Gasteiger partial charge >= 0.3 is 0 Å². The van der Waals surface area contributed by atoms with Gasteiger partial charge in [-0.3, -0.25) is 0 Å². The molecule has 0 unspecified atom stereocenters. The summed E-state index contributed by atoms with van der Waals surface area (Å²) in [7, 11) is 1.64. The first kappa shape index (κ1) is 19.4. The molecule has 0 radical (unpaired) electrons. The molecule has 0 amide bonds. The molecular formula is C23H26N4O. The molecule has 3 N–H and O–H groups in total. The number of benzene rings is 2. The van der Waals surface area contributed by atoms with Crippen LogP contribution in [-0.2, 0) is 12.8 Å². The Morgan fingerprint density at radius 2 is 1.82 bits per heavy atom. The van der Waals surface area contributed by atoms with E-state index in [2.05, 4.69) is 52.5 Å². The highest BCUT2D eigenvalue weighted by Gasteiger charge is 2.08. The molecule has 0 aliphatic carbocycles. The van der Waals surface area contributed by atoms with E-state index in [4.69, 9.17) is 10.5 Å². The van der Waals surface area contributed by atoms with Crippen molar-refractivity contribution in [1.29, 1.82) is 0 Å². The van der Waals surface area contributed by atoms with Gasteiger partial charge in [-0.2, -0.15) is 4.98 Å².